The van der Waals surface area contributed by atoms with E-state index in [0.717, 1.165) is 20.9 Å². The monoisotopic (exact) mass is 324 g/mol. The molecule has 118 valence electrons. The van der Waals surface area contributed by atoms with Crippen LogP contribution in [0.15, 0.2) is 60.7 Å². The largest absolute Gasteiger partial charge is 0.383 e. The summed E-state index contributed by atoms with van der Waals surface area (Å²) in [6.45, 7) is 4.05. The molecule has 2 nitrogen and oxygen atoms in total. The molecule has 2 aromatic carbocycles. The Bertz CT molecular complexity index is 706. The third-order valence-corrected chi connectivity index (χ3v) is 5.16. The van der Waals surface area contributed by atoms with Gasteiger partial charge >= 0.3 is 0 Å². The van der Waals surface area contributed by atoms with E-state index in [0.29, 0.717) is 0 Å². The van der Waals surface area contributed by atoms with Gasteiger partial charge in [0.2, 0.25) is 0 Å². The normalized spacial score (nSPS) is 13.7. The predicted molar refractivity (Wildman–Crippen MR) is 94.8 cm³/mol. The van der Waals surface area contributed by atoms with Gasteiger partial charge in [-0.25, -0.2) is 0 Å². The third-order valence-electron chi connectivity index (χ3n) is 3.97. The predicted octanol–water partition coefficient (Wildman–Crippen LogP) is 4.53. The minimum Gasteiger partial charge on any atom is -0.383 e. The van der Waals surface area contributed by atoms with Gasteiger partial charge in [-0.3, -0.25) is 0 Å². The van der Waals surface area contributed by atoms with E-state index in [4.69, 9.17) is 0 Å². The number of rotatable bonds is 4. The first-order chi connectivity index (χ1) is 11.0. The van der Waals surface area contributed by atoms with Crippen LogP contribution in [-0.2, 0) is 0 Å². The Labute approximate surface area is 140 Å². The molecule has 2 N–H and O–H groups in total. The molecular weight excluding hydrogens is 304 g/mol. The molecule has 3 aromatic rings. The van der Waals surface area contributed by atoms with Gasteiger partial charge in [0.05, 0.1) is 0 Å². The zero-order valence-electron chi connectivity index (χ0n) is 13.2. The van der Waals surface area contributed by atoms with Crippen LogP contribution in [0, 0.1) is 13.8 Å². The summed E-state index contributed by atoms with van der Waals surface area (Å²) in [5.74, 6) is 0. The number of benzene rings is 2. The van der Waals surface area contributed by atoms with Crippen molar-refractivity contribution in [2.24, 2.45) is 0 Å². The van der Waals surface area contributed by atoms with Crippen molar-refractivity contribution in [2.45, 2.75) is 26.1 Å². The lowest BCUT2D eigenvalue weighted by molar-refractivity contribution is 0.223. The fourth-order valence-electron chi connectivity index (χ4n) is 2.49. The van der Waals surface area contributed by atoms with Gasteiger partial charge in [0.25, 0.3) is 0 Å². The van der Waals surface area contributed by atoms with Crippen molar-refractivity contribution in [1.82, 2.24) is 0 Å². The van der Waals surface area contributed by atoms with Gasteiger partial charge in [0, 0.05) is 9.75 Å². The summed E-state index contributed by atoms with van der Waals surface area (Å²) in [6, 6.07) is 19.5. The van der Waals surface area contributed by atoms with Gasteiger partial charge in [-0.1, -0.05) is 59.7 Å². The molecule has 0 aliphatic heterocycles. The maximum Gasteiger partial charge on any atom is 0.113 e. The minimum atomic E-state index is -0.653. The van der Waals surface area contributed by atoms with Crippen LogP contribution >= 0.6 is 11.3 Å². The van der Waals surface area contributed by atoms with Crippen LogP contribution in [-0.4, -0.2) is 10.2 Å². The molecule has 0 unspecified atom stereocenters. The number of hydrogen-bond donors (Lipinski definition) is 2. The SMILES string of the molecule is Cc1ccc([C@@H](O)c2ccc([C@H](O)c3ccc(C)cc3)s2)cc1. The highest BCUT2D eigenvalue weighted by Crippen LogP contribution is 2.33. The number of aryl methyl sites for hydroxylation is 2. The van der Waals surface area contributed by atoms with E-state index in [9.17, 15) is 10.2 Å². The van der Waals surface area contributed by atoms with Crippen LogP contribution in [0.5, 0.6) is 0 Å². The molecule has 2 atom stereocenters. The van der Waals surface area contributed by atoms with E-state index in [1.165, 1.54) is 22.5 Å². The molecule has 0 fully saturated rings. The minimum absolute atomic E-state index is 0.653. The van der Waals surface area contributed by atoms with Crippen molar-refractivity contribution in [3.63, 3.8) is 0 Å². The summed E-state index contributed by atoms with van der Waals surface area (Å²) in [4.78, 5) is 1.69. The number of aliphatic hydroxyl groups is 2. The highest BCUT2D eigenvalue weighted by Gasteiger charge is 2.17. The Morgan fingerprint density at radius 3 is 1.30 bits per heavy atom. The van der Waals surface area contributed by atoms with E-state index in [2.05, 4.69) is 0 Å². The maximum atomic E-state index is 10.5. The van der Waals surface area contributed by atoms with Gasteiger partial charge in [0.1, 0.15) is 12.2 Å². The van der Waals surface area contributed by atoms with Crippen molar-refractivity contribution >= 4 is 11.3 Å². The molecule has 1 heterocycles. The second kappa shape index (κ2) is 6.67. The number of aliphatic hydroxyl groups excluding tert-OH is 2. The summed E-state index contributed by atoms with van der Waals surface area (Å²) in [7, 11) is 0. The van der Waals surface area contributed by atoms with Crippen LogP contribution in [0.2, 0.25) is 0 Å². The topological polar surface area (TPSA) is 40.5 Å². The molecule has 3 heteroatoms. The van der Waals surface area contributed by atoms with E-state index < -0.39 is 12.2 Å². The first-order valence-corrected chi connectivity index (χ1v) is 8.45. The Kier molecular flexibility index (Phi) is 4.62. The van der Waals surface area contributed by atoms with Gasteiger partial charge in [0.15, 0.2) is 0 Å². The first kappa shape index (κ1) is 15.9. The van der Waals surface area contributed by atoms with Crippen LogP contribution in [0.25, 0.3) is 0 Å². The average molecular weight is 324 g/mol. The Balaban J connectivity index is 1.82. The maximum absolute atomic E-state index is 10.5. The lowest BCUT2D eigenvalue weighted by Gasteiger charge is -2.11. The molecule has 3 rings (SSSR count). The van der Waals surface area contributed by atoms with Crippen molar-refractivity contribution < 1.29 is 10.2 Å². The first-order valence-electron chi connectivity index (χ1n) is 7.63. The molecule has 0 spiro atoms. The quantitative estimate of drug-likeness (QED) is 0.740. The molecule has 0 aliphatic carbocycles. The lowest BCUT2D eigenvalue weighted by atomic mass is 10.1. The van der Waals surface area contributed by atoms with Gasteiger partial charge in [-0.15, -0.1) is 11.3 Å². The van der Waals surface area contributed by atoms with Crippen molar-refractivity contribution in [3.05, 3.63) is 92.7 Å². The molecule has 23 heavy (non-hydrogen) atoms. The second-order valence-corrected chi connectivity index (χ2v) is 7.01. The third kappa shape index (κ3) is 3.53. The van der Waals surface area contributed by atoms with Gasteiger partial charge < -0.3 is 10.2 Å². The smallest absolute Gasteiger partial charge is 0.113 e. The Morgan fingerprint density at radius 1 is 0.609 bits per heavy atom. The molecule has 0 amide bonds. The highest BCUT2D eigenvalue weighted by molar-refractivity contribution is 7.12. The fourth-order valence-corrected chi connectivity index (χ4v) is 3.53. The van der Waals surface area contributed by atoms with Crippen molar-refractivity contribution in [1.29, 1.82) is 0 Å². The van der Waals surface area contributed by atoms with Gasteiger partial charge in [-0.05, 0) is 37.1 Å². The highest BCUT2D eigenvalue weighted by atomic mass is 32.1. The summed E-state index contributed by atoms with van der Waals surface area (Å²) < 4.78 is 0. The zero-order chi connectivity index (χ0) is 16.4. The molecular formula is C20H20O2S. The van der Waals surface area contributed by atoms with Gasteiger partial charge in [-0.2, -0.15) is 0 Å². The van der Waals surface area contributed by atoms with E-state index >= 15 is 0 Å². The Hall–Kier alpha value is -1.94. The average Bonchev–Trinajstić information content (AvgIpc) is 3.05. The number of hydrogen-bond acceptors (Lipinski definition) is 3. The Morgan fingerprint density at radius 2 is 0.957 bits per heavy atom. The molecule has 0 aliphatic rings. The van der Waals surface area contributed by atoms with E-state index in [1.54, 1.807) is 0 Å². The summed E-state index contributed by atoms with van der Waals surface area (Å²) in [6.07, 6.45) is -1.31. The fraction of sp³-hybridized carbons (Fsp3) is 0.200. The lowest BCUT2D eigenvalue weighted by Crippen LogP contribution is -1.97. The van der Waals surface area contributed by atoms with Crippen molar-refractivity contribution in [3.8, 4) is 0 Å². The van der Waals surface area contributed by atoms with Crippen LogP contribution in [0.1, 0.15) is 44.2 Å². The van der Waals surface area contributed by atoms with Crippen LogP contribution in [0.4, 0.5) is 0 Å². The summed E-state index contributed by atoms with van der Waals surface area (Å²) in [5.41, 5.74) is 4.08. The van der Waals surface area contributed by atoms with E-state index in [-0.39, 0.29) is 0 Å². The van der Waals surface area contributed by atoms with Crippen LogP contribution in [0.3, 0.4) is 0 Å². The molecule has 0 radical (unpaired) electrons. The summed E-state index contributed by atoms with van der Waals surface area (Å²) in [5, 5.41) is 21.0. The second-order valence-electron chi connectivity index (χ2n) is 5.87. The van der Waals surface area contributed by atoms with E-state index in [1.807, 2.05) is 74.5 Å². The number of thiophene rings is 1. The zero-order valence-corrected chi connectivity index (χ0v) is 14.0. The molecule has 0 saturated carbocycles. The van der Waals surface area contributed by atoms with Crippen molar-refractivity contribution in [2.75, 3.05) is 0 Å². The molecule has 1 aromatic heterocycles. The van der Waals surface area contributed by atoms with Crippen LogP contribution < -0.4 is 0 Å². The molecule has 0 saturated heterocycles. The molecule has 0 bridgehead atoms. The summed E-state index contributed by atoms with van der Waals surface area (Å²) >= 11 is 1.45. The standard InChI is InChI=1S/C20H20O2S/c1-13-3-7-15(8-4-13)19(21)17-11-12-18(23-17)20(22)16-9-5-14(2)6-10-16/h3-12,19-22H,1-2H3/t19-,20-/m1/s1.